The normalized spacial score (nSPS) is 25.2. The van der Waals surface area contributed by atoms with Gasteiger partial charge in [-0.3, -0.25) is 0 Å². The van der Waals surface area contributed by atoms with Crippen molar-refractivity contribution in [2.24, 2.45) is 5.92 Å². The molecule has 3 rings (SSSR count). The van der Waals surface area contributed by atoms with Crippen LogP contribution in [0.4, 0.5) is 0 Å². The van der Waals surface area contributed by atoms with Crippen LogP contribution in [0.15, 0.2) is 54.6 Å². The summed E-state index contributed by atoms with van der Waals surface area (Å²) in [4.78, 5) is 0. The Bertz CT molecular complexity index is 573. The number of hydrogen-bond acceptors (Lipinski definition) is 1. The highest BCUT2D eigenvalue weighted by atomic mass is 16.5. The SMILES string of the molecule is CC(C)C1(C)Oc2ccccc2C1c1ccccc1. The molecule has 2 atom stereocenters. The van der Waals surface area contributed by atoms with Gasteiger partial charge in [0.25, 0.3) is 0 Å². The maximum atomic E-state index is 6.32. The molecule has 0 fully saturated rings. The Balaban J connectivity index is 2.17. The summed E-state index contributed by atoms with van der Waals surface area (Å²) in [5.74, 6) is 1.79. The third kappa shape index (κ3) is 1.85. The number of ether oxygens (including phenoxy) is 1. The predicted octanol–water partition coefficient (Wildman–Crippen LogP) is 4.63. The maximum absolute atomic E-state index is 6.32. The van der Waals surface area contributed by atoms with Crippen molar-refractivity contribution >= 4 is 0 Å². The Morgan fingerprint density at radius 2 is 1.58 bits per heavy atom. The lowest BCUT2D eigenvalue weighted by Gasteiger charge is -2.35. The van der Waals surface area contributed by atoms with Crippen molar-refractivity contribution in [2.75, 3.05) is 0 Å². The molecule has 2 unspecified atom stereocenters. The van der Waals surface area contributed by atoms with Crippen molar-refractivity contribution in [1.29, 1.82) is 0 Å². The zero-order valence-electron chi connectivity index (χ0n) is 11.8. The third-order valence-electron chi connectivity index (χ3n) is 4.41. The molecule has 1 heterocycles. The fraction of sp³-hybridized carbons (Fsp3) is 0.333. The quantitative estimate of drug-likeness (QED) is 0.757. The Morgan fingerprint density at radius 1 is 0.947 bits per heavy atom. The number of hydrogen-bond donors (Lipinski definition) is 0. The molecule has 0 bridgehead atoms. The standard InChI is InChI=1S/C18H20O/c1-13(2)18(3)17(14-9-5-4-6-10-14)15-11-7-8-12-16(15)19-18/h4-13,17H,1-3H3. The van der Waals surface area contributed by atoms with Crippen LogP contribution < -0.4 is 4.74 Å². The van der Waals surface area contributed by atoms with Crippen LogP contribution in [0.1, 0.15) is 37.8 Å². The second-order valence-corrected chi connectivity index (χ2v) is 5.82. The summed E-state index contributed by atoms with van der Waals surface area (Å²) in [5, 5.41) is 0. The first-order chi connectivity index (χ1) is 9.13. The molecular formula is C18H20O. The average Bonchev–Trinajstić information content (AvgIpc) is 2.73. The zero-order chi connectivity index (χ0) is 13.5. The Kier molecular flexibility index (Phi) is 2.85. The van der Waals surface area contributed by atoms with E-state index >= 15 is 0 Å². The lowest BCUT2D eigenvalue weighted by atomic mass is 9.74. The van der Waals surface area contributed by atoms with Crippen LogP contribution in [0.5, 0.6) is 5.75 Å². The molecule has 98 valence electrons. The summed E-state index contributed by atoms with van der Waals surface area (Å²) in [5.41, 5.74) is 2.47. The summed E-state index contributed by atoms with van der Waals surface area (Å²) in [6.45, 7) is 6.71. The van der Waals surface area contributed by atoms with E-state index < -0.39 is 0 Å². The van der Waals surface area contributed by atoms with Crippen molar-refractivity contribution < 1.29 is 4.74 Å². The molecule has 0 saturated heterocycles. The fourth-order valence-corrected chi connectivity index (χ4v) is 3.02. The van der Waals surface area contributed by atoms with Gasteiger partial charge in [-0.05, 0) is 24.5 Å². The first-order valence-electron chi connectivity index (χ1n) is 6.96. The highest BCUT2D eigenvalue weighted by molar-refractivity contribution is 5.49. The van der Waals surface area contributed by atoms with Crippen molar-refractivity contribution in [3.63, 3.8) is 0 Å². The highest BCUT2D eigenvalue weighted by Gasteiger charge is 2.47. The summed E-state index contributed by atoms with van der Waals surface area (Å²) in [6.07, 6.45) is 0. The summed E-state index contributed by atoms with van der Waals surface area (Å²) >= 11 is 0. The van der Waals surface area contributed by atoms with Crippen LogP contribution in [0.25, 0.3) is 0 Å². The van der Waals surface area contributed by atoms with E-state index in [0.717, 1.165) is 5.75 Å². The van der Waals surface area contributed by atoms with Gasteiger partial charge < -0.3 is 4.74 Å². The fourth-order valence-electron chi connectivity index (χ4n) is 3.02. The largest absolute Gasteiger partial charge is 0.486 e. The molecular weight excluding hydrogens is 232 g/mol. The van der Waals surface area contributed by atoms with E-state index in [-0.39, 0.29) is 5.60 Å². The molecule has 1 aliphatic heterocycles. The van der Waals surface area contributed by atoms with Crippen LogP contribution in [-0.4, -0.2) is 5.60 Å². The van der Waals surface area contributed by atoms with Crippen molar-refractivity contribution in [1.82, 2.24) is 0 Å². The smallest absolute Gasteiger partial charge is 0.124 e. The van der Waals surface area contributed by atoms with Crippen LogP contribution in [0.2, 0.25) is 0 Å². The number of para-hydroxylation sites is 1. The minimum absolute atomic E-state index is 0.176. The van der Waals surface area contributed by atoms with Crippen molar-refractivity contribution in [3.8, 4) is 5.75 Å². The van der Waals surface area contributed by atoms with Gasteiger partial charge in [-0.1, -0.05) is 62.4 Å². The first kappa shape index (κ1) is 12.3. The molecule has 0 radical (unpaired) electrons. The molecule has 0 aromatic heterocycles. The lowest BCUT2D eigenvalue weighted by molar-refractivity contribution is 0.0499. The van der Waals surface area contributed by atoms with Gasteiger partial charge in [-0.2, -0.15) is 0 Å². The van der Waals surface area contributed by atoms with Gasteiger partial charge in [-0.25, -0.2) is 0 Å². The van der Waals surface area contributed by atoms with Crippen LogP contribution >= 0.6 is 0 Å². The van der Waals surface area contributed by atoms with Gasteiger partial charge in [0.2, 0.25) is 0 Å². The second kappa shape index (κ2) is 4.41. The number of fused-ring (bicyclic) bond motifs is 1. The van der Waals surface area contributed by atoms with E-state index in [4.69, 9.17) is 4.74 Å². The number of rotatable bonds is 2. The molecule has 0 aliphatic carbocycles. The van der Waals surface area contributed by atoms with Crippen LogP contribution in [0.3, 0.4) is 0 Å². The van der Waals surface area contributed by atoms with Gasteiger partial charge >= 0.3 is 0 Å². The van der Waals surface area contributed by atoms with E-state index in [0.29, 0.717) is 11.8 Å². The maximum Gasteiger partial charge on any atom is 0.124 e. The molecule has 0 amide bonds. The van der Waals surface area contributed by atoms with E-state index in [1.165, 1.54) is 11.1 Å². The topological polar surface area (TPSA) is 9.23 Å². The van der Waals surface area contributed by atoms with Gasteiger partial charge in [0, 0.05) is 5.56 Å². The molecule has 1 heteroatoms. The Morgan fingerprint density at radius 3 is 2.26 bits per heavy atom. The van der Waals surface area contributed by atoms with E-state index in [9.17, 15) is 0 Å². The summed E-state index contributed by atoms with van der Waals surface area (Å²) in [7, 11) is 0. The van der Waals surface area contributed by atoms with Crippen molar-refractivity contribution in [3.05, 3.63) is 65.7 Å². The van der Waals surface area contributed by atoms with Crippen LogP contribution in [0, 0.1) is 5.92 Å². The van der Waals surface area contributed by atoms with E-state index in [2.05, 4.69) is 69.3 Å². The molecule has 19 heavy (non-hydrogen) atoms. The molecule has 0 spiro atoms. The monoisotopic (exact) mass is 252 g/mol. The van der Waals surface area contributed by atoms with Gasteiger partial charge in [0.05, 0.1) is 5.92 Å². The molecule has 2 aromatic carbocycles. The van der Waals surface area contributed by atoms with E-state index in [1.807, 2.05) is 6.07 Å². The molecule has 1 aliphatic rings. The van der Waals surface area contributed by atoms with Crippen molar-refractivity contribution in [2.45, 2.75) is 32.3 Å². The van der Waals surface area contributed by atoms with E-state index in [1.54, 1.807) is 0 Å². The Labute approximate surface area is 115 Å². The molecule has 2 aromatic rings. The van der Waals surface area contributed by atoms with Gasteiger partial charge in [-0.15, -0.1) is 0 Å². The lowest BCUT2D eigenvalue weighted by Crippen LogP contribution is -2.40. The minimum atomic E-state index is -0.176. The number of benzene rings is 2. The zero-order valence-corrected chi connectivity index (χ0v) is 11.8. The summed E-state index contributed by atoms with van der Waals surface area (Å²) in [6, 6.07) is 19.1. The molecule has 0 saturated carbocycles. The molecule has 0 N–H and O–H groups in total. The first-order valence-corrected chi connectivity index (χ1v) is 6.96. The minimum Gasteiger partial charge on any atom is -0.486 e. The highest BCUT2D eigenvalue weighted by Crippen LogP contribution is 2.51. The van der Waals surface area contributed by atoms with Gasteiger partial charge in [0.1, 0.15) is 11.4 Å². The summed E-state index contributed by atoms with van der Waals surface area (Å²) < 4.78 is 6.32. The molecule has 1 nitrogen and oxygen atoms in total. The third-order valence-corrected chi connectivity index (χ3v) is 4.41. The average molecular weight is 252 g/mol. The second-order valence-electron chi connectivity index (χ2n) is 5.82. The van der Waals surface area contributed by atoms with Crippen LogP contribution in [-0.2, 0) is 0 Å². The van der Waals surface area contributed by atoms with Gasteiger partial charge in [0.15, 0.2) is 0 Å². The Hall–Kier alpha value is -1.76. The predicted molar refractivity (Wildman–Crippen MR) is 78.6 cm³/mol.